The third kappa shape index (κ3) is 1.99. The second-order valence-corrected chi connectivity index (χ2v) is 8.73. The van der Waals surface area contributed by atoms with Crippen LogP contribution in [0.3, 0.4) is 0 Å². The lowest BCUT2D eigenvalue weighted by Gasteiger charge is -2.40. The highest BCUT2D eigenvalue weighted by atomic mass is 19.4. The number of fused-ring (bicyclic) bond motifs is 3. The van der Waals surface area contributed by atoms with Gasteiger partial charge in [-0.1, -0.05) is 27.7 Å². The third-order valence-electron chi connectivity index (χ3n) is 7.81. The molecule has 0 aromatic rings. The zero-order valence-corrected chi connectivity index (χ0v) is 14.2. The minimum absolute atomic E-state index is 0.0147. The van der Waals surface area contributed by atoms with E-state index in [1.165, 1.54) is 0 Å². The molecule has 7 heteroatoms. The predicted molar refractivity (Wildman–Crippen MR) is 75.9 cm³/mol. The lowest BCUT2D eigenvalue weighted by molar-refractivity contribution is -0.374. The van der Waals surface area contributed by atoms with E-state index < -0.39 is 35.7 Å². The van der Waals surface area contributed by atoms with E-state index in [0.29, 0.717) is 18.8 Å². The van der Waals surface area contributed by atoms with Crippen molar-refractivity contribution in [1.29, 1.82) is 0 Å². The van der Waals surface area contributed by atoms with Crippen LogP contribution in [-0.2, 0) is 0 Å². The van der Waals surface area contributed by atoms with Crippen LogP contribution >= 0.6 is 0 Å². The molecule has 3 aliphatic rings. The van der Waals surface area contributed by atoms with Gasteiger partial charge in [-0.25, -0.2) is 0 Å². The molecule has 6 atom stereocenters. The third-order valence-corrected chi connectivity index (χ3v) is 7.81. The Kier molecular flexibility index (Phi) is 3.53. The quantitative estimate of drug-likeness (QED) is 0.689. The van der Waals surface area contributed by atoms with Gasteiger partial charge in [0.05, 0.1) is 0 Å². The Labute approximate surface area is 137 Å². The topological polar surface area (TPSA) is 20.2 Å². The maximum absolute atomic E-state index is 13.1. The van der Waals surface area contributed by atoms with Crippen LogP contribution in [0.4, 0.5) is 26.3 Å². The molecule has 0 bridgehead atoms. The van der Waals surface area contributed by atoms with Crippen molar-refractivity contribution >= 4 is 0 Å². The summed E-state index contributed by atoms with van der Waals surface area (Å²) in [5.41, 5.74) is -5.12. The van der Waals surface area contributed by atoms with Gasteiger partial charge >= 0.3 is 12.4 Å². The molecule has 1 N–H and O–H groups in total. The van der Waals surface area contributed by atoms with Crippen molar-refractivity contribution in [2.45, 2.75) is 64.9 Å². The van der Waals surface area contributed by atoms with Gasteiger partial charge in [0.2, 0.25) is 0 Å². The van der Waals surface area contributed by atoms with E-state index in [4.69, 9.17) is 0 Å². The summed E-state index contributed by atoms with van der Waals surface area (Å²) in [6, 6.07) is 0. The first kappa shape index (κ1) is 18.3. The first-order chi connectivity index (χ1) is 10.7. The van der Waals surface area contributed by atoms with Crippen molar-refractivity contribution in [1.82, 2.24) is 0 Å². The van der Waals surface area contributed by atoms with Crippen molar-refractivity contribution in [2.75, 3.05) is 0 Å². The summed E-state index contributed by atoms with van der Waals surface area (Å²) in [7, 11) is 0. The lowest BCUT2D eigenvalue weighted by Crippen LogP contribution is -2.58. The normalized spacial score (nSPS) is 43.9. The largest absolute Gasteiger partial charge is 0.426 e. The van der Waals surface area contributed by atoms with E-state index in [-0.39, 0.29) is 23.2 Å². The summed E-state index contributed by atoms with van der Waals surface area (Å²) in [6.45, 7) is 7.89. The highest BCUT2D eigenvalue weighted by Gasteiger charge is 2.81. The zero-order valence-electron chi connectivity index (χ0n) is 14.2. The van der Waals surface area contributed by atoms with E-state index in [1.807, 2.05) is 13.8 Å². The molecule has 0 aromatic heterocycles. The van der Waals surface area contributed by atoms with Crippen LogP contribution in [-0.4, -0.2) is 23.1 Å². The van der Waals surface area contributed by atoms with Crippen molar-refractivity contribution in [3.63, 3.8) is 0 Å². The molecule has 3 saturated carbocycles. The van der Waals surface area contributed by atoms with Crippen LogP contribution in [0.15, 0.2) is 0 Å². The molecule has 24 heavy (non-hydrogen) atoms. The maximum Gasteiger partial charge on any atom is 0.426 e. The van der Waals surface area contributed by atoms with E-state index in [1.54, 1.807) is 0 Å². The van der Waals surface area contributed by atoms with Crippen LogP contribution in [0, 0.1) is 40.4 Å². The zero-order chi connectivity index (χ0) is 18.5. The molecule has 1 nitrogen and oxygen atoms in total. The first-order valence-corrected chi connectivity index (χ1v) is 8.52. The van der Waals surface area contributed by atoms with Crippen molar-refractivity contribution in [2.24, 2.45) is 40.4 Å². The van der Waals surface area contributed by atoms with Crippen molar-refractivity contribution in [3.8, 4) is 0 Å². The maximum atomic E-state index is 13.1. The number of aliphatic hydroxyl groups is 1. The molecule has 0 aromatic carbocycles. The highest BCUT2D eigenvalue weighted by Crippen LogP contribution is 2.84. The summed E-state index contributed by atoms with van der Waals surface area (Å²) in [4.78, 5) is 0. The second-order valence-electron chi connectivity index (χ2n) is 8.73. The average Bonchev–Trinajstić information content (AvgIpc) is 3.19. The molecule has 0 spiro atoms. The van der Waals surface area contributed by atoms with E-state index in [9.17, 15) is 31.4 Å². The van der Waals surface area contributed by atoms with Gasteiger partial charge in [0.1, 0.15) is 0 Å². The van der Waals surface area contributed by atoms with Gasteiger partial charge in [-0.3, -0.25) is 0 Å². The molecule has 3 rings (SSSR count). The van der Waals surface area contributed by atoms with Crippen molar-refractivity contribution in [3.05, 3.63) is 0 Å². The number of alkyl halides is 6. The lowest BCUT2D eigenvalue weighted by atomic mass is 9.70. The van der Waals surface area contributed by atoms with Crippen LogP contribution in [0.2, 0.25) is 0 Å². The molecule has 0 amide bonds. The predicted octanol–water partition coefficient (Wildman–Crippen LogP) is 5.19. The molecule has 0 heterocycles. The molecule has 3 fully saturated rings. The second kappa shape index (κ2) is 4.63. The molecule has 3 aliphatic carbocycles. The molecule has 0 aliphatic heterocycles. The summed E-state index contributed by atoms with van der Waals surface area (Å²) < 4.78 is 78.7. The minimum Gasteiger partial charge on any atom is -0.374 e. The summed E-state index contributed by atoms with van der Waals surface area (Å²) in [5.74, 6) is 0.122. The number of hydrogen-bond acceptors (Lipinski definition) is 1. The Morgan fingerprint density at radius 2 is 1.50 bits per heavy atom. The number of rotatable bonds is 3. The first-order valence-electron chi connectivity index (χ1n) is 8.52. The summed E-state index contributed by atoms with van der Waals surface area (Å²) in [6.07, 6.45) is -11.8. The minimum atomic E-state index is -5.72. The van der Waals surface area contributed by atoms with Gasteiger partial charge in [0.15, 0.2) is 0 Å². The molecule has 0 saturated heterocycles. The van der Waals surface area contributed by atoms with Gasteiger partial charge in [-0.15, -0.1) is 0 Å². The van der Waals surface area contributed by atoms with Gasteiger partial charge in [-0.05, 0) is 59.7 Å². The molecule has 6 unspecified atom stereocenters. The fourth-order valence-corrected chi connectivity index (χ4v) is 6.33. The van der Waals surface area contributed by atoms with E-state index >= 15 is 0 Å². The highest BCUT2D eigenvalue weighted by molar-refractivity contribution is 5.27. The molecular weight excluding hydrogens is 334 g/mol. The van der Waals surface area contributed by atoms with Gasteiger partial charge in [0.25, 0.3) is 5.60 Å². The van der Waals surface area contributed by atoms with Gasteiger partial charge < -0.3 is 5.11 Å². The Morgan fingerprint density at radius 1 is 1.00 bits per heavy atom. The molecular formula is C17H24F6O. The van der Waals surface area contributed by atoms with Crippen LogP contribution in [0.25, 0.3) is 0 Å². The summed E-state index contributed by atoms with van der Waals surface area (Å²) >= 11 is 0. The number of hydrogen-bond donors (Lipinski definition) is 1. The number of halogens is 6. The Bertz CT molecular complexity index is 522. The Morgan fingerprint density at radius 3 is 1.92 bits per heavy atom. The Balaban J connectivity index is 1.94. The molecule has 140 valence electrons. The van der Waals surface area contributed by atoms with E-state index in [2.05, 4.69) is 13.8 Å². The molecule has 0 radical (unpaired) electrons. The van der Waals surface area contributed by atoms with Crippen molar-refractivity contribution < 1.29 is 31.4 Å². The fraction of sp³-hybridized carbons (Fsp3) is 1.00. The van der Waals surface area contributed by atoms with E-state index in [0.717, 1.165) is 0 Å². The van der Waals surface area contributed by atoms with Crippen LogP contribution in [0.1, 0.15) is 47.0 Å². The van der Waals surface area contributed by atoms with Gasteiger partial charge in [-0.2, -0.15) is 26.3 Å². The standard InChI is InChI=1S/C17H24F6O/c1-5-14-8(2)11(14)12-10(13(12,3)4)6-9(14)7-15(24,16(18,19)20)17(21,22)23/h8-12,24H,5-7H2,1-4H3. The average molecular weight is 358 g/mol. The van der Waals surface area contributed by atoms with Crippen LogP contribution in [0.5, 0.6) is 0 Å². The fourth-order valence-electron chi connectivity index (χ4n) is 6.33. The van der Waals surface area contributed by atoms with Gasteiger partial charge in [0, 0.05) is 0 Å². The Hall–Kier alpha value is -0.460. The SMILES string of the molecule is CCC12C(CC(O)(C(F)(F)F)C(F)(F)F)CC3C(C1C2C)C3(C)C. The smallest absolute Gasteiger partial charge is 0.374 e. The van der Waals surface area contributed by atoms with Crippen LogP contribution < -0.4 is 0 Å². The summed E-state index contributed by atoms with van der Waals surface area (Å²) in [5, 5.41) is 9.65. The monoisotopic (exact) mass is 358 g/mol.